The number of piperazine rings is 1. The minimum absolute atomic E-state index is 0.446. The van der Waals surface area contributed by atoms with Crippen molar-refractivity contribution in [3.63, 3.8) is 0 Å². The van der Waals surface area contributed by atoms with E-state index in [1.54, 1.807) is 0 Å². The Labute approximate surface area is 99.0 Å². The van der Waals surface area contributed by atoms with Gasteiger partial charge in [0, 0.05) is 44.3 Å². The van der Waals surface area contributed by atoms with Gasteiger partial charge in [-0.05, 0) is 25.7 Å². The van der Waals surface area contributed by atoms with Crippen LogP contribution in [-0.2, 0) is 0 Å². The van der Waals surface area contributed by atoms with Crippen molar-refractivity contribution in [3.05, 3.63) is 0 Å². The van der Waals surface area contributed by atoms with E-state index in [1.165, 1.54) is 64.7 Å². The first-order valence-electron chi connectivity index (χ1n) is 7.08. The Hall–Kier alpha value is -0.120. The van der Waals surface area contributed by atoms with Crippen molar-refractivity contribution in [2.75, 3.05) is 26.2 Å². The molecule has 2 aliphatic carbocycles. The predicted octanol–water partition coefficient (Wildman–Crippen LogP) is 1.04. The fourth-order valence-corrected chi connectivity index (χ4v) is 3.47. The van der Waals surface area contributed by atoms with E-state index in [2.05, 4.69) is 9.80 Å². The SMILES string of the molecule is NC1CCCCC1N1CCN(C2CC2)CC1. The standard InChI is InChI=1S/C13H25N3/c14-12-3-1-2-4-13(12)16-9-7-15(8-10-16)11-5-6-11/h11-13H,1-10,14H2. The predicted molar refractivity (Wildman–Crippen MR) is 66.4 cm³/mol. The summed E-state index contributed by atoms with van der Waals surface area (Å²) in [6.45, 7) is 5.09. The van der Waals surface area contributed by atoms with E-state index >= 15 is 0 Å². The van der Waals surface area contributed by atoms with Gasteiger partial charge in [0.05, 0.1) is 0 Å². The maximum atomic E-state index is 6.26. The van der Waals surface area contributed by atoms with Crippen LogP contribution in [0.5, 0.6) is 0 Å². The van der Waals surface area contributed by atoms with Crippen LogP contribution >= 0.6 is 0 Å². The normalized spacial score (nSPS) is 38.8. The van der Waals surface area contributed by atoms with E-state index in [-0.39, 0.29) is 0 Å². The van der Waals surface area contributed by atoms with Crippen molar-refractivity contribution in [1.82, 2.24) is 9.80 Å². The summed E-state index contributed by atoms with van der Waals surface area (Å²) in [5, 5.41) is 0. The quantitative estimate of drug-likeness (QED) is 0.759. The Balaban J connectivity index is 1.51. The van der Waals surface area contributed by atoms with Crippen LogP contribution in [0.25, 0.3) is 0 Å². The van der Waals surface area contributed by atoms with Crippen molar-refractivity contribution in [2.45, 2.75) is 56.7 Å². The molecule has 3 rings (SSSR count). The maximum absolute atomic E-state index is 6.26. The van der Waals surface area contributed by atoms with E-state index in [1.807, 2.05) is 0 Å². The average molecular weight is 223 g/mol. The second-order valence-electron chi connectivity index (χ2n) is 5.82. The molecule has 3 aliphatic rings. The van der Waals surface area contributed by atoms with Gasteiger partial charge in [0.25, 0.3) is 0 Å². The van der Waals surface area contributed by atoms with E-state index < -0.39 is 0 Å². The first kappa shape index (κ1) is 11.0. The number of hydrogen-bond acceptors (Lipinski definition) is 3. The first-order valence-corrected chi connectivity index (χ1v) is 7.08. The lowest BCUT2D eigenvalue weighted by Crippen LogP contribution is -2.56. The molecule has 2 atom stereocenters. The second-order valence-corrected chi connectivity index (χ2v) is 5.82. The van der Waals surface area contributed by atoms with Gasteiger partial charge in [-0.15, -0.1) is 0 Å². The summed E-state index contributed by atoms with van der Waals surface area (Å²) in [5.74, 6) is 0. The van der Waals surface area contributed by atoms with Crippen molar-refractivity contribution in [2.24, 2.45) is 5.73 Å². The summed E-state index contributed by atoms with van der Waals surface area (Å²) < 4.78 is 0. The van der Waals surface area contributed by atoms with Crippen LogP contribution in [0, 0.1) is 0 Å². The molecule has 3 fully saturated rings. The highest BCUT2D eigenvalue weighted by Gasteiger charge is 2.34. The van der Waals surface area contributed by atoms with Gasteiger partial charge in [-0.1, -0.05) is 12.8 Å². The average Bonchev–Trinajstić information content (AvgIpc) is 3.14. The molecular formula is C13H25N3. The molecule has 1 saturated heterocycles. The molecule has 92 valence electrons. The molecule has 0 aromatic carbocycles. The molecule has 0 aromatic rings. The third-order valence-corrected chi connectivity index (χ3v) is 4.66. The largest absolute Gasteiger partial charge is 0.326 e. The number of hydrogen-bond donors (Lipinski definition) is 1. The molecule has 0 spiro atoms. The van der Waals surface area contributed by atoms with Gasteiger partial charge < -0.3 is 5.73 Å². The van der Waals surface area contributed by atoms with Crippen LogP contribution in [0.3, 0.4) is 0 Å². The Morgan fingerprint density at radius 3 is 2.00 bits per heavy atom. The number of nitrogens with zero attached hydrogens (tertiary/aromatic N) is 2. The van der Waals surface area contributed by atoms with E-state index in [0.717, 1.165) is 6.04 Å². The van der Waals surface area contributed by atoms with Gasteiger partial charge in [-0.3, -0.25) is 9.80 Å². The summed E-state index contributed by atoms with van der Waals surface area (Å²) in [5.41, 5.74) is 6.26. The van der Waals surface area contributed by atoms with Gasteiger partial charge in [-0.25, -0.2) is 0 Å². The van der Waals surface area contributed by atoms with Crippen LogP contribution in [-0.4, -0.2) is 54.1 Å². The molecule has 3 nitrogen and oxygen atoms in total. The van der Waals surface area contributed by atoms with Crippen molar-refractivity contribution in [3.8, 4) is 0 Å². The molecular weight excluding hydrogens is 198 g/mol. The van der Waals surface area contributed by atoms with Crippen LogP contribution in [0.2, 0.25) is 0 Å². The molecule has 2 saturated carbocycles. The van der Waals surface area contributed by atoms with Gasteiger partial charge in [-0.2, -0.15) is 0 Å². The summed E-state index contributed by atoms with van der Waals surface area (Å²) >= 11 is 0. The molecule has 16 heavy (non-hydrogen) atoms. The highest BCUT2D eigenvalue weighted by Crippen LogP contribution is 2.29. The van der Waals surface area contributed by atoms with Crippen molar-refractivity contribution < 1.29 is 0 Å². The monoisotopic (exact) mass is 223 g/mol. The molecule has 0 bridgehead atoms. The minimum atomic E-state index is 0.446. The summed E-state index contributed by atoms with van der Waals surface area (Å²) in [7, 11) is 0. The number of rotatable bonds is 2. The Bertz CT molecular complexity index is 231. The molecule has 0 radical (unpaired) electrons. The van der Waals surface area contributed by atoms with Crippen LogP contribution in [0.1, 0.15) is 38.5 Å². The molecule has 0 amide bonds. The lowest BCUT2D eigenvalue weighted by atomic mass is 9.89. The molecule has 1 heterocycles. The van der Waals surface area contributed by atoms with Crippen molar-refractivity contribution in [1.29, 1.82) is 0 Å². The lowest BCUT2D eigenvalue weighted by molar-refractivity contribution is 0.0661. The lowest BCUT2D eigenvalue weighted by Gasteiger charge is -2.43. The van der Waals surface area contributed by atoms with Gasteiger partial charge in [0.1, 0.15) is 0 Å². The van der Waals surface area contributed by atoms with Gasteiger partial charge >= 0.3 is 0 Å². The zero-order valence-electron chi connectivity index (χ0n) is 10.3. The fraction of sp³-hybridized carbons (Fsp3) is 1.00. The van der Waals surface area contributed by atoms with E-state index in [4.69, 9.17) is 5.73 Å². The van der Waals surface area contributed by atoms with E-state index in [0.29, 0.717) is 12.1 Å². The fourth-order valence-electron chi connectivity index (χ4n) is 3.47. The van der Waals surface area contributed by atoms with Crippen LogP contribution in [0.15, 0.2) is 0 Å². The molecule has 2 N–H and O–H groups in total. The molecule has 0 aromatic heterocycles. The van der Waals surface area contributed by atoms with Crippen molar-refractivity contribution >= 4 is 0 Å². The Morgan fingerprint density at radius 1 is 0.750 bits per heavy atom. The zero-order chi connectivity index (χ0) is 11.0. The Morgan fingerprint density at radius 2 is 1.38 bits per heavy atom. The molecule has 1 aliphatic heterocycles. The number of nitrogens with two attached hydrogens (primary N) is 1. The minimum Gasteiger partial charge on any atom is -0.326 e. The van der Waals surface area contributed by atoms with Crippen LogP contribution in [0.4, 0.5) is 0 Å². The highest BCUT2D eigenvalue weighted by atomic mass is 15.3. The summed E-state index contributed by atoms with van der Waals surface area (Å²) in [6, 6.07) is 2.08. The Kier molecular flexibility index (Phi) is 3.18. The third kappa shape index (κ3) is 2.27. The topological polar surface area (TPSA) is 32.5 Å². The third-order valence-electron chi connectivity index (χ3n) is 4.66. The molecule has 2 unspecified atom stereocenters. The maximum Gasteiger partial charge on any atom is 0.0248 e. The molecule has 3 heteroatoms. The first-order chi connectivity index (χ1) is 7.84. The second kappa shape index (κ2) is 4.63. The van der Waals surface area contributed by atoms with Gasteiger partial charge in [0.15, 0.2) is 0 Å². The zero-order valence-corrected chi connectivity index (χ0v) is 10.3. The van der Waals surface area contributed by atoms with E-state index in [9.17, 15) is 0 Å². The summed E-state index contributed by atoms with van der Waals surface area (Å²) in [4.78, 5) is 5.35. The van der Waals surface area contributed by atoms with Crippen LogP contribution < -0.4 is 5.73 Å². The summed E-state index contributed by atoms with van der Waals surface area (Å²) in [6.07, 6.45) is 8.21. The van der Waals surface area contributed by atoms with Gasteiger partial charge in [0.2, 0.25) is 0 Å². The smallest absolute Gasteiger partial charge is 0.0248 e. The highest BCUT2D eigenvalue weighted by molar-refractivity contribution is 4.92.